The molecule has 1 amide bonds. The van der Waals surface area contributed by atoms with Crippen molar-refractivity contribution in [2.75, 3.05) is 11.9 Å². The van der Waals surface area contributed by atoms with Crippen LogP contribution in [0, 0.1) is 11.6 Å². The van der Waals surface area contributed by atoms with Crippen LogP contribution in [0.25, 0.3) is 0 Å². The maximum atomic E-state index is 13.9. The molecular formula is C26H27F2NO3. The molecule has 3 aromatic carbocycles. The van der Waals surface area contributed by atoms with Crippen molar-refractivity contribution in [3.05, 3.63) is 89.0 Å². The molecule has 0 saturated carbocycles. The molecule has 6 heteroatoms. The summed E-state index contributed by atoms with van der Waals surface area (Å²) >= 11 is 0. The predicted octanol–water partition coefficient (Wildman–Crippen LogP) is 6.49. The zero-order chi connectivity index (χ0) is 23.3. The highest BCUT2D eigenvalue weighted by atomic mass is 19.1. The van der Waals surface area contributed by atoms with Gasteiger partial charge in [-0.1, -0.05) is 39.0 Å². The van der Waals surface area contributed by atoms with Gasteiger partial charge in [-0.2, -0.15) is 0 Å². The number of benzene rings is 3. The maximum absolute atomic E-state index is 13.9. The van der Waals surface area contributed by atoms with Crippen molar-refractivity contribution in [3.8, 4) is 11.5 Å². The third kappa shape index (κ3) is 5.63. The maximum Gasteiger partial charge on any atom is 0.255 e. The number of ether oxygens (including phenoxy) is 2. The van der Waals surface area contributed by atoms with Crippen LogP contribution in [0.2, 0.25) is 0 Å². The van der Waals surface area contributed by atoms with Gasteiger partial charge in [0.25, 0.3) is 5.91 Å². The summed E-state index contributed by atoms with van der Waals surface area (Å²) in [5, 5.41) is 2.30. The summed E-state index contributed by atoms with van der Waals surface area (Å²) in [6.45, 7) is 8.89. The fourth-order valence-electron chi connectivity index (χ4n) is 3.14. The van der Waals surface area contributed by atoms with E-state index < -0.39 is 23.2 Å². The Hall–Kier alpha value is -3.41. The van der Waals surface area contributed by atoms with E-state index in [9.17, 15) is 13.6 Å². The Balaban J connectivity index is 1.79. The van der Waals surface area contributed by atoms with Gasteiger partial charge in [-0.3, -0.25) is 4.79 Å². The molecule has 32 heavy (non-hydrogen) atoms. The zero-order valence-corrected chi connectivity index (χ0v) is 18.7. The monoisotopic (exact) mass is 439 g/mol. The smallest absolute Gasteiger partial charge is 0.255 e. The molecule has 0 saturated heterocycles. The number of nitrogens with one attached hydrogen (secondary N) is 1. The molecule has 0 spiro atoms. The van der Waals surface area contributed by atoms with Crippen LogP contribution in [0.15, 0.2) is 60.7 Å². The summed E-state index contributed by atoms with van der Waals surface area (Å²) in [6.07, 6.45) is 0. The molecule has 0 bridgehead atoms. The lowest BCUT2D eigenvalue weighted by molar-refractivity contribution is 0.102. The van der Waals surface area contributed by atoms with E-state index in [4.69, 9.17) is 9.47 Å². The van der Waals surface area contributed by atoms with E-state index in [0.29, 0.717) is 23.7 Å². The summed E-state index contributed by atoms with van der Waals surface area (Å²) in [5.74, 6) is -1.05. The van der Waals surface area contributed by atoms with E-state index in [1.165, 1.54) is 11.6 Å². The summed E-state index contributed by atoms with van der Waals surface area (Å²) < 4.78 is 39.3. The third-order valence-corrected chi connectivity index (χ3v) is 4.94. The van der Waals surface area contributed by atoms with E-state index in [1.54, 1.807) is 18.2 Å². The molecule has 168 valence electrons. The molecule has 0 atom stereocenters. The van der Waals surface area contributed by atoms with Crippen LogP contribution in [-0.2, 0) is 12.0 Å². The van der Waals surface area contributed by atoms with Gasteiger partial charge in [0.2, 0.25) is 0 Å². The van der Waals surface area contributed by atoms with Gasteiger partial charge in [-0.15, -0.1) is 0 Å². The van der Waals surface area contributed by atoms with Crippen LogP contribution in [0.1, 0.15) is 49.2 Å². The van der Waals surface area contributed by atoms with Gasteiger partial charge in [0.05, 0.1) is 6.61 Å². The van der Waals surface area contributed by atoms with Crippen LogP contribution < -0.4 is 14.8 Å². The molecule has 3 rings (SSSR count). The number of halogens is 2. The number of para-hydroxylation sites is 1. The van der Waals surface area contributed by atoms with Crippen molar-refractivity contribution < 1.29 is 23.0 Å². The van der Waals surface area contributed by atoms with E-state index in [1.807, 2.05) is 31.2 Å². The number of hydrogen-bond acceptors (Lipinski definition) is 3. The molecule has 0 radical (unpaired) electrons. The van der Waals surface area contributed by atoms with Crippen LogP contribution in [0.4, 0.5) is 14.5 Å². The van der Waals surface area contributed by atoms with Gasteiger partial charge < -0.3 is 14.8 Å². The van der Waals surface area contributed by atoms with Gasteiger partial charge >= 0.3 is 0 Å². The Morgan fingerprint density at radius 1 is 0.938 bits per heavy atom. The second kappa shape index (κ2) is 9.81. The molecule has 0 aliphatic rings. The average Bonchev–Trinajstić information content (AvgIpc) is 2.75. The fourth-order valence-corrected chi connectivity index (χ4v) is 3.14. The molecule has 0 aromatic heterocycles. The van der Waals surface area contributed by atoms with E-state index in [2.05, 4.69) is 26.1 Å². The summed E-state index contributed by atoms with van der Waals surface area (Å²) in [6, 6.07) is 16.0. The Morgan fingerprint density at radius 2 is 1.59 bits per heavy atom. The minimum atomic E-state index is -0.841. The summed E-state index contributed by atoms with van der Waals surface area (Å²) in [5.41, 5.74) is 1.63. The Kier molecular flexibility index (Phi) is 7.13. The number of anilines is 1. The standard InChI is InChI=1S/C26H27F2NO3/c1-5-31-23-14-9-17(25(30)29-24-21(27)7-6-8-22(24)28)15-18(23)16-32-20-12-10-19(11-13-20)26(2,3)4/h6-15H,5,16H2,1-4H3,(H,29,30). The van der Waals surface area contributed by atoms with Crippen LogP contribution >= 0.6 is 0 Å². The molecule has 1 N–H and O–H groups in total. The van der Waals surface area contributed by atoms with Gasteiger partial charge in [0, 0.05) is 11.1 Å². The topological polar surface area (TPSA) is 47.6 Å². The normalized spacial score (nSPS) is 11.2. The highest BCUT2D eigenvalue weighted by Gasteiger charge is 2.16. The Labute approximate surface area is 187 Å². The number of amides is 1. The molecule has 0 aliphatic carbocycles. The molecular weight excluding hydrogens is 412 g/mol. The molecule has 0 aliphatic heterocycles. The number of carbonyl (C=O) groups excluding carboxylic acids is 1. The fraction of sp³-hybridized carbons (Fsp3) is 0.269. The van der Waals surface area contributed by atoms with Gasteiger partial charge in [-0.05, 0) is 60.4 Å². The SMILES string of the molecule is CCOc1ccc(C(=O)Nc2c(F)cccc2F)cc1COc1ccc(C(C)(C)C)cc1. The van der Waals surface area contributed by atoms with Crippen molar-refractivity contribution in [2.45, 2.75) is 39.7 Å². The second-order valence-corrected chi connectivity index (χ2v) is 8.37. The molecule has 0 fully saturated rings. The van der Waals surface area contributed by atoms with Gasteiger partial charge in [0.1, 0.15) is 35.4 Å². The largest absolute Gasteiger partial charge is 0.493 e. The van der Waals surface area contributed by atoms with E-state index in [0.717, 1.165) is 12.1 Å². The lowest BCUT2D eigenvalue weighted by Gasteiger charge is -2.19. The third-order valence-electron chi connectivity index (χ3n) is 4.94. The minimum Gasteiger partial charge on any atom is -0.493 e. The predicted molar refractivity (Wildman–Crippen MR) is 121 cm³/mol. The number of carbonyl (C=O) groups is 1. The summed E-state index contributed by atoms with van der Waals surface area (Å²) in [7, 11) is 0. The van der Waals surface area contributed by atoms with Crippen LogP contribution in [-0.4, -0.2) is 12.5 Å². The first-order valence-electron chi connectivity index (χ1n) is 10.4. The highest BCUT2D eigenvalue weighted by Crippen LogP contribution is 2.27. The highest BCUT2D eigenvalue weighted by molar-refractivity contribution is 6.04. The minimum absolute atomic E-state index is 0.0417. The van der Waals surface area contributed by atoms with Crippen molar-refractivity contribution in [2.24, 2.45) is 0 Å². The first kappa shape index (κ1) is 23.3. The Bertz CT molecular complexity index is 1070. The first-order chi connectivity index (χ1) is 15.2. The van der Waals surface area contributed by atoms with Crippen molar-refractivity contribution in [1.82, 2.24) is 0 Å². The van der Waals surface area contributed by atoms with Crippen molar-refractivity contribution >= 4 is 11.6 Å². The van der Waals surface area contributed by atoms with E-state index in [-0.39, 0.29) is 17.6 Å². The number of hydrogen-bond donors (Lipinski definition) is 1. The zero-order valence-electron chi connectivity index (χ0n) is 18.7. The first-order valence-corrected chi connectivity index (χ1v) is 10.4. The van der Waals surface area contributed by atoms with Crippen molar-refractivity contribution in [3.63, 3.8) is 0 Å². The molecule has 0 unspecified atom stereocenters. The summed E-state index contributed by atoms with van der Waals surface area (Å²) in [4.78, 5) is 12.6. The lowest BCUT2D eigenvalue weighted by atomic mass is 9.87. The Morgan fingerprint density at radius 3 is 2.19 bits per heavy atom. The van der Waals surface area contributed by atoms with Gasteiger partial charge in [0.15, 0.2) is 0 Å². The van der Waals surface area contributed by atoms with Crippen LogP contribution in [0.3, 0.4) is 0 Å². The molecule has 3 aromatic rings. The lowest BCUT2D eigenvalue weighted by Crippen LogP contribution is -2.15. The molecule has 4 nitrogen and oxygen atoms in total. The molecule has 0 heterocycles. The van der Waals surface area contributed by atoms with E-state index >= 15 is 0 Å². The number of rotatable bonds is 7. The average molecular weight is 440 g/mol. The van der Waals surface area contributed by atoms with Gasteiger partial charge in [-0.25, -0.2) is 8.78 Å². The quantitative estimate of drug-likeness (QED) is 0.458. The van der Waals surface area contributed by atoms with Crippen molar-refractivity contribution in [1.29, 1.82) is 0 Å². The van der Waals surface area contributed by atoms with Crippen LogP contribution in [0.5, 0.6) is 11.5 Å². The second-order valence-electron chi connectivity index (χ2n) is 8.37.